The van der Waals surface area contributed by atoms with Crippen molar-refractivity contribution in [1.29, 1.82) is 0 Å². The topological polar surface area (TPSA) is 211 Å². The van der Waals surface area contributed by atoms with E-state index in [4.69, 9.17) is 16.3 Å². The number of fused-ring (bicyclic) bond motifs is 1. The van der Waals surface area contributed by atoms with E-state index in [2.05, 4.69) is 57.3 Å². The van der Waals surface area contributed by atoms with E-state index < -0.39 is 36.8 Å². The number of anilines is 6. The molecule has 1 aromatic heterocycles. The number of piperidine rings is 2. The van der Waals surface area contributed by atoms with Gasteiger partial charge in [-0.15, -0.1) is 0 Å². The molecule has 5 amide bonds. The molecule has 8 rings (SSSR count). The molecule has 0 spiro atoms. The quantitative estimate of drug-likeness (QED) is 0.0646. The Hall–Kier alpha value is -6.07. The number of rotatable bonds is 15. The lowest BCUT2D eigenvalue weighted by Gasteiger charge is -2.43. The number of piperazine rings is 1. The SMILES string of the molecule is COc1cc(N2CCC(N3CCN(CC(=O)NCCNc4cccc5c4C(=O)N(C4CCC(=O)NC4=O)C5=O)CC3)CC2)ccc1Nc1ncc(Cl)c(Nc2ccccc2P(C)(C)=O)n1. The Morgan fingerprint density at radius 3 is 2.37 bits per heavy atom. The van der Waals surface area contributed by atoms with Crippen LogP contribution in [0.4, 0.5) is 34.5 Å². The van der Waals surface area contributed by atoms with E-state index in [0.717, 1.165) is 62.7 Å². The Balaban J connectivity index is 0.765. The lowest BCUT2D eigenvalue weighted by Crippen LogP contribution is -2.54. The summed E-state index contributed by atoms with van der Waals surface area (Å²) in [4.78, 5) is 80.5. The van der Waals surface area contributed by atoms with E-state index in [1.807, 2.05) is 36.4 Å². The van der Waals surface area contributed by atoms with Gasteiger partial charge >= 0.3 is 0 Å². The molecule has 18 nitrogen and oxygen atoms in total. The Morgan fingerprint density at radius 2 is 1.63 bits per heavy atom. The summed E-state index contributed by atoms with van der Waals surface area (Å²) in [5, 5.41) is 15.9. The molecule has 0 bridgehead atoms. The van der Waals surface area contributed by atoms with Crippen molar-refractivity contribution in [3.8, 4) is 5.75 Å². The zero-order valence-electron chi connectivity index (χ0n) is 36.6. The third kappa shape index (κ3) is 10.3. The third-order valence-corrected chi connectivity index (χ3v) is 14.1. The van der Waals surface area contributed by atoms with Gasteiger partial charge in [0.05, 0.1) is 42.4 Å². The van der Waals surface area contributed by atoms with Gasteiger partial charge < -0.3 is 35.5 Å². The van der Waals surface area contributed by atoms with Gasteiger partial charge in [-0.2, -0.15) is 4.98 Å². The standard InChI is InChI=1S/C45H53ClN11O7P/c1-64-36-25-29(11-12-32(36)51-45-49-26-31(46)41(53-45)50-33-8-4-5-10-37(33)65(2,3)63)55-19-15-28(16-20-55)56-23-21-54(22-24-56)27-39(59)48-18-17-47-34-9-6-7-30-40(34)44(62)57(43(30)61)35-13-14-38(58)52-42(35)60/h4-12,25-26,28,35,47H,13-24,27H2,1-3H3,(H,48,59)(H,52,58,60)(H2,49,50,51,53). The van der Waals surface area contributed by atoms with Gasteiger partial charge in [-0.05, 0) is 69.0 Å². The monoisotopic (exact) mass is 925 g/mol. The molecule has 5 heterocycles. The zero-order chi connectivity index (χ0) is 45.8. The third-order valence-electron chi connectivity index (χ3n) is 12.3. The smallest absolute Gasteiger partial charge is 0.264 e. The molecule has 0 radical (unpaired) electrons. The summed E-state index contributed by atoms with van der Waals surface area (Å²) in [5.74, 6) is -0.981. The highest BCUT2D eigenvalue weighted by Crippen LogP contribution is 2.39. The first kappa shape index (κ1) is 45.5. The van der Waals surface area contributed by atoms with Crippen LogP contribution in [0.1, 0.15) is 46.4 Å². The number of ether oxygens (including phenoxy) is 1. The number of nitrogens with one attached hydrogen (secondary N) is 5. The summed E-state index contributed by atoms with van der Waals surface area (Å²) in [6.07, 6.45) is 3.67. The molecule has 4 aromatic rings. The van der Waals surface area contributed by atoms with E-state index in [9.17, 15) is 28.5 Å². The highest BCUT2D eigenvalue weighted by Gasteiger charge is 2.45. The molecule has 1 unspecified atom stereocenters. The number of methoxy groups -OCH3 is 1. The molecule has 1 atom stereocenters. The number of nitrogens with zero attached hydrogens (tertiary/aromatic N) is 6. The van der Waals surface area contributed by atoms with Crippen LogP contribution in [0, 0.1) is 0 Å². The predicted molar refractivity (Wildman–Crippen MR) is 250 cm³/mol. The van der Waals surface area contributed by atoms with Crippen LogP contribution < -0.4 is 41.5 Å². The molecule has 20 heteroatoms. The molecule has 4 aliphatic heterocycles. The summed E-state index contributed by atoms with van der Waals surface area (Å²) in [5.41, 5.74) is 3.25. The normalized spacial score (nSPS) is 18.6. The van der Waals surface area contributed by atoms with E-state index in [1.54, 1.807) is 38.6 Å². The summed E-state index contributed by atoms with van der Waals surface area (Å²) in [6.45, 7) is 9.47. The second-order valence-corrected chi connectivity index (χ2v) is 20.5. The van der Waals surface area contributed by atoms with Crippen molar-refractivity contribution in [2.24, 2.45) is 0 Å². The molecule has 3 aromatic carbocycles. The van der Waals surface area contributed by atoms with Crippen LogP contribution in [0.3, 0.4) is 0 Å². The number of hydrogen-bond donors (Lipinski definition) is 5. The van der Waals surface area contributed by atoms with Crippen molar-refractivity contribution in [2.45, 2.75) is 37.8 Å². The first-order valence-electron chi connectivity index (χ1n) is 21.7. The Labute approximate surface area is 382 Å². The average molecular weight is 926 g/mol. The molecule has 3 fully saturated rings. The lowest BCUT2D eigenvalue weighted by molar-refractivity contribution is -0.136. The van der Waals surface area contributed by atoms with Crippen molar-refractivity contribution >= 4 is 88.1 Å². The first-order valence-corrected chi connectivity index (χ1v) is 24.7. The van der Waals surface area contributed by atoms with E-state index in [0.29, 0.717) is 64.0 Å². The second kappa shape index (κ2) is 19.6. The summed E-state index contributed by atoms with van der Waals surface area (Å²) in [6, 6.07) is 17.7. The number of carbonyl (C=O) groups excluding carboxylic acids is 5. The molecular weight excluding hydrogens is 873 g/mol. The number of carbonyl (C=O) groups is 5. The summed E-state index contributed by atoms with van der Waals surface area (Å²) >= 11 is 6.48. The van der Waals surface area contributed by atoms with Crippen LogP contribution in [0.15, 0.2) is 66.9 Å². The summed E-state index contributed by atoms with van der Waals surface area (Å²) < 4.78 is 18.7. The Bertz CT molecular complexity index is 2540. The van der Waals surface area contributed by atoms with Gasteiger partial charge in [0, 0.05) is 87.6 Å². The number of hydrogen-bond acceptors (Lipinski definition) is 15. The van der Waals surface area contributed by atoms with Crippen LogP contribution in [-0.4, -0.2) is 146 Å². The predicted octanol–water partition coefficient (Wildman–Crippen LogP) is 4.09. The van der Waals surface area contributed by atoms with Crippen molar-refractivity contribution in [3.63, 3.8) is 0 Å². The number of halogens is 1. The number of imide groups is 2. The molecule has 0 saturated carbocycles. The molecule has 65 heavy (non-hydrogen) atoms. The van der Waals surface area contributed by atoms with Gasteiger partial charge in [0.2, 0.25) is 23.7 Å². The van der Waals surface area contributed by atoms with E-state index in [-0.39, 0.29) is 36.4 Å². The lowest BCUT2D eigenvalue weighted by atomic mass is 10.0. The minimum Gasteiger partial charge on any atom is -0.494 e. The minimum absolute atomic E-state index is 0.0480. The second-order valence-electron chi connectivity index (χ2n) is 16.9. The van der Waals surface area contributed by atoms with Crippen molar-refractivity contribution in [2.75, 3.05) is 100 Å². The van der Waals surface area contributed by atoms with E-state index >= 15 is 0 Å². The minimum atomic E-state index is -2.56. The van der Waals surface area contributed by atoms with Gasteiger partial charge in [0.25, 0.3) is 11.8 Å². The van der Waals surface area contributed by atoms with Gasteiger partial charge in [-0.25, -0.2) is 4.98 Å². The van der Waals surface area contributed by atoms with Gasteiger partial charge in [0.15, 0.2) is 5.82 Å². The Kier molecular flexibility index (Phi) is 13.7. The maximum Gasteiger partial charge on any atom is 0.264 e. The van der Waals surface area contributed by atoms with E-state index in [1.165, 1.54) is 6.20 Å². The van der Waals surface area contributed by atoms with Crippen LogP contribution in [0.5, 0.6) is 5.75 Å². The van der Waals surface area contributed by atoms with Gasteiger partial charge in [-0.1, -0.05) is 29.8 Å². The van der Waals surface area contributed by atoms with Crippen LogP contribution in [-0.2, 0) is 18.9 Å². The molecule has 0 aliphatic carbocycles. The fraction of sp³-hybridized carbons (Fsp3) is 0.400. The highest BCUT2D eigenvalue weighted by molar-refractivity contribution is 7.70. The average Bonchev–Trinajstić information content (AvgIpc) is 3.55. The van der Waals surface area contributed by atoms with Gasteiger partial charge in [-0.3, -0.25) is 44.0 Å². The van der Waals surface area contributed by atoms with Crippen LogP contribution >= 0.6 is 18.7 Å². The molecular formula is C45H53ClN11O7P. The fourth-order valence-electron chi connectivity index (χ4n) is 8.89. The highest BCUT2D eigenvalue weighted by atomic mass is 35.5. The number of para-hydroxylation sites is 1. The van der Waals surface area contributed by atoms with Crippen molar-refractivity contribution < 1.29 is 33.3 Å². The molecule has 342 valence electrons. The first-order chi connectivity index (χ1) is 31.3. The summed E-state index contributed by atoms with van der Waals surface area (Å²) in [7, 11) is -0.935. The maximum absolute atomic E-state index is 13.4. The Morgan fingerprint density at radius 1 is 0.877 bits per heavy atom. The van der Waals surface area contributed by atoms with Crippen LogP contribution in [0.2, 0.25) is 5.02 Å². The number of aromatic nitrogens is 2. The number of benzene rings is 3. The maximum atomic E-state index is 13.4. The van der Waals surface area contributed by atoms with Crippen molar-refractivity contribution in [1.82, 2.24) is 35.3 Å². The molecule has 5 N–H and O–H groups in total. The fourth-order valence-corrected chi connectivity index (χ4v) is 10.2. The van der Waals surface area contributed by atoms with Crippen LogP contribution in [0.25, 0.3) is 0 Å². The molecule has 3 saturated heterocycles. The van der Waals surface area contributed by atoms with Gasteiger partial charge in [0.1, 0.15) is 24.0 Å². The number of amides is 5. The molecule has 4 aliphatic rings. The largest absolute Gasteiger partial charge is 0.494 e. The van der Waals surface area contributed by atoms with Crippen molar-refractivity contribution in [3.05, 3.63) is 83.0 Å². The zero-order valence-corrected chi connectivity index (χ0v) is 38.2.